The van der Waals surface area contributed by atoms with Crippen LogP contribution in [-0.2, 0) is 0 Å². The van der Waals surface area contributed by atoms with Crippen molar-refractivity contribution in [3.05, 3.63) is 0 Å². The van der Waals surface area contributed by atoms with E-state index in [0.717, 1.165) is 5.92 Å². The fourth-order valence-electron chi connectivity index (χ4n) is 2.83. The number of aliphatic hydroxyl groups excluding tert-OH is 1. The standard InChI is InChI=1S/C9H16O/c1-9(2)7-4-3-6(5-7)8(9)10/h6-8,10H,3-5H2,1-2H3/t6-,7+,8-/m0/s1. The predicted octanol–water partition coefficient (Wildman–Crippen LogP) is 1.80. The van der Waals surface area contributed by atoms with Crippen molar-refractivity contribution in [2.24, 2.45) is 17.3 Å². The van der Waals surface area contributed by atoms with Crippen molar-refractivity contribution in [3.8, 4) is 0 Å². The summed E-state index contributed by atoms with van der Waals surface area (Å²) >= 11 is 0. The Kier molecular flexibility index (Phi) is 1.17. The lowest BCUT2D eigenvalue weighted by Crippen LogP contribution is -2.34. The summed E-state index contributed by atoms with van der Waals surface area (Å²) in [7, 11) is 0. The fraction of sp³-hybridized carbons (Fsp3) is 1.00. The molecule has 0 amide bonds. The molecule has 0 saturated heterocycles. The highest BCUT2D eigenvalue weighted by Crippen LogP contribution is 2.55. The van der Waals surface area contributed by atoms with Crippen molar-refractivity contribution in [3.63, 3.8) is 0 Å². The van der Waals surface area contributed by atoms with Gasteiger partial charge in [-0.1, -0.05) is 13.8 Å². The summed E-state index contributed by atoms with van der Waals surface area (Å²) in [6.07, 6.45) is 3.91. The largest absolute Gasteiger partial charge is 0.392 e. The Morgan fingerprint density at radius 2 is 2.00 bits per heavy atom. The Labute approximate surface area is 62.4 Å². The Hall–Kier alpha value is -0.0400. The number of hydrogen-bond acceptors (Lipinski definition) is 1. The van der Waals surface area contributed by atoms with E-state index in [2.05, 4.69) is 13.8 Å². The maximum absolute atomic E-state index is 9.75. The van der Waals surface area contributed by atoms with E-state index >= 15 is 0 Å². The zero-order valence-electron chi connectivity index (χ0n) is 6.80. The molecule has 0 aromatic carbocycles. The molecule has 1 heteroatoms. The Morgan fingerprint density at radius 1 is 1.30 bits per heavy atom. The lowest BCUT2D eigenvalue weighted by molar-refractivity contribution is 0.00432. The molecule has 0 unspecified atom stereocenters. The SMILES string of the molecule is CC1(C)[C@@H]2CC[C@@H](C2)[C@@H]1O. The van der Waals surface area contributed by atoms with Gasteiger partial charge >= 0.3 is 0 Å². The van der Waals surface area contributed by atoms with Crippen LogP contribution in [0.3, 0.4) is 0 Å². The minimum atomic E-state index is -0.00810. The van der Waals surface area contributed by atoms with Gasteiger partial charge in [-0.15, -0.1) is 0 Å². The number of fused-ring (bicyclic) bond motifs is 2. The second-order valence-electron chi connectivity index (χ2n) is 4.54. The van der Waals surface area contributed by atoms with Crippen molar-refractivity contribution in [1.82, 2.24) is 0 Å². The van der Waals surface area contributed by atoms with Gasteiger partial charge in [0, 0.05) is 0 Å². The molecule has 1 nitrogen and oxygen atoms in total. The zero-order valence-corrected chi connectivity index (χ0v) is 6.80. The van der Waals surface area contributed by atoms with E-state index in [1.54, 1.807) is 0 Å². The molecule has 0 aliphatic heterocycles. The molecule has 2 fully saturated rings. The molecule has 10 heavy (non-hydrogen) atoms. The molecule has 0 heterocycles. The van der Waals surface area contributed by atoms with Crippen LogP contribution >= 0.6 is 0 Å². The van der Waals surface area contributed by atoms with E-state index in [1.165, 1.54) is 19.3 Å². The van der Waals surface area contributed by atoms with E-state index in [4.69, 9.17) is 0 Å². The molecule has 58 valence electrons. The van der Waals surface area contributed by atoms with E-state index in [-0.39, 0.29) is 11.5 Å². The van der Waals surface area contributed by atoms with Crippen molar-refractivity contribution in [2.75, 3.05) is 0 Å². The predicted molar refractivity (Wildman–Crippen MR) is 40.6 cm³/mol. The van der Waals surface area contributed by atoms with E-state index in [0.29, 0.717) is 5.92 Å². The van der Waals surface area contributed by atoms with Crippen LogP contribution in [0.15, 0.2) is 0 Å². The van der Waals surface area contributed by atoms with Crippen LogP contribution in [0.2, 0.25) is 0 Å². The smallest absolute Gasteiger partial charge is 0.0622 e. The van der Waals surface area contributed by atoms with Gasteiger partial charge in [-0.25, -0.2) is 0 Å². The summed E-state index contributed by atoms with van der Waals surface area (Å²) in [5, 5.41) is 9.75. The summed E-state index contributed by atoms with van der Waals surface area (Å²) in [5.41, 5.74) is 0.225. The Morgan fingerprint density at radius 3 is 2.30 bits per heavy atom. The van der Waals surface area contributed by atoms with Gasteiger partial charge in [-0.3, -0.25) is 0 Å². The first kappa shape index (κ1) is 6.66. The molecule has 2 rings (SSSR count). The van der Waals surface area contributed by atoms with Crippen molar-refractivity contribution in [1.29, 1.82) is 0 Å². The second-order valence-corrected chi connectivity index (χ2v) is 4.54. The van der Waals surface area contributed by atoms with Gasteiger partial charge in [0.25, 0.3) is 0 Å². The molecule has 0 aromatic heterocycles. The number of hydrogen-bond donors (Lipinski definition) is 1. The van der Waals surface area contributed by atoms with Crippen LogP contribution in [-0.4, -0.2) is 11.2 Å². The highest BCUT2D eigenvalue weighted by atomic mass is 16.3. The number of rotatable bonds is 0. The van der Waals surface area contributed by atoms with Crippen LogP contribution in [0.5, 0.6) is 0 Å². The summed E-state index contributed by atoms with van der Waals surface area (Å²) in [4.78, 5) is 0. The van der Waals surface area contributed by atoms with Gasteiger partial charge in [0.1, 0.15) is 0 Å². The highest BCUT2D eigenvalue weighted by molar-refractivity contribution is 5.01. The Balaban J connectivity index is 2.25. The first-order valence-corrected chi connectivity index (χ1v) is 4.30. The molecule has 3 atom stereocenters. The molecular formula is C9H16O. The molecule has 2 aliphatic rings. The van der Waals surface area contributed by atoms with E-state index in [9.17, 15) is 5.11 Å². The van der Waals surface area contributed by atoms with E-state index < -0.39 is 0 Å². The van der Waals surface area contributed by atoms with Gasteiger partial charge in [0.15, 0.2) is 0 Å². The molecule has 2 aliphatic carbocycles. The fourth-order valence-corrected chi connectivity index (χ4v) is 2.83. The maximum Gasteiger partial charge on any atom is 0.0622 e. The Bertz CT molecular complexity index is 147. The lowest BCUT2D eigenvalue weighted by atomic mass is 9.74. The summed E-state index contributed by atoms with van der Waals surface area (Å²) in [5.74, 6) is 1.45. The van der Waals surface area contributed by atoms with Gasteiger partial charge < -0.3 is 5.11 Å². The third kappa shape index (κ3) is 0.619. The van der Waals surface area contributed by atoms with Crippen LogP contribution in [0.25, 0.3) is 0 Å². The first-order chi connectivity index (χ1) is 4.62. The van der Waals surface area contributed by atoms with Crippen LogP contribution in [0.4, 0.5) is 0 Å². The molecule has 1 N–H and O–H groups in total. The average Bonchev–Trinajstić information content (AvgIpc) is 2.37. The highest BCUT2D eigenvalue weighted by Gasteiger charge is 2.51. The van der Waals surface area contributed by atoms with Crippen molar-refractivity contribution >= 4 is 0 Å². The molecule has 2 bridgehead atoms. The summed E-state index contributed by atoms with van der Waals surface area (Å²) < 4.78 is 0. The lowest BCUT2D eigenvalue weighted by Gasteiger charge is -2.34. The topological polar surface area (TPSA) is 20.2 Å². The van der Waals surface area contributed by atoms with Gasteiger partial charge in [0.05, 0.1) is 6.10 Å². The monoisotopic (exact) mass is 140 g/mol. The summed E-state index contributed by atoms with van der Waals surface area (Å²) in [6.45, 7) is 4.42. The first-order valence-electron chi connectivity index (χ1n) is 4.30. The van der Waals surface area contributed by atoms with Gasteiger partial charge in [0.2, 0.25) is 0 Å². The van der Waals surface area contributed by atoms with Gasteiger partial charge in [-0.05, 0) is 36.5 Å². The van der Waals surface area contributed by atoms with Crippen LogP contribution < -0.4 is 0 Å². The summed E-state index contributed by atoms with van der Waals surface area (Å²) in [6, 6.07) is 0. The third-order valence-corrected chi connectivity index (χ3v) is 3.73. The van der Waals surface area contributed by atoms with Gasteiger partial charge in [-0.2, -0.15) is 0 Å². The normalized spacial score (nSPS) is 50.1. The third-order valence-electron chi connectivity index (χ3n) is 3.73. The van der Waals surface area contributed by atoms with Crippen LogP contribution in [0, 0.1) is 17.3 Å². The second kappa shape index (κ2) is 1.76. The van der Waals surface area contributed by atoms with E-state index in [1.807, 2.05) is 0 Å². The zero-order chi connectivity index (χ0) is 7.35. The quantitative estimate of drug-likeness (QED) is 0.544. The van der Waals surface area contributed by atoms with Crippen molar-refractivity contribution in [2.45, 2.75) is 39.2 Å². The van der Waals surface area contributed by atoms with Crippen LogP contribution in [0.1, 0.15) is 33.1 Å². The molecule has 0 radical (unpaired) electrons. The minimum Gasteiger partial charge on any atom is -0.392 e. The molecule has 0 spiro atoms. The molecular weight excluding hydrogens is 124 g/mol. The molecule has 2 saturated carbocycles. The van der Waals surface area contributed by atoms with Crippen molar-refractivity contribution < 1.29 is 5.11 Å². The minimum absolute atomic E-state index is 0.00810. The average molecular weight is 140 g/mol. The maximum atomic E-state index is 9.75. The molecule has 0 aromatic rings. The number of aliphatic hydroxyl groups is 1.